The zero-order valence-electron chi connectivity index (χ0n) is 18.8. The molecule has 5 rings (SSSR count). The Balaban J connectivity index is 1.69. The smallest absolute Gasteiger partial charge is 0.249 e. The summed E-state index contributed by atoms with van der Waals surface area (Å²) in [6.07, 6.45) is 2.96. The lowest BCUT2D eigenvalue weighted by atomic mass is 9.99. The summed E-state index contributed by atoms with van der Waals surface area (Å²) >= 11 is 0. The van der Waals surface area contributed by atoms with Crippen molar-refractivity contribution in [2.24, 2.45) is 5.73 Å². The van der Waals surface area contributed by atoms with Gasteiger partial charge in [0.15, 0.2) is 0 Å². The molecule has 0 bridgehead atoms. The molecule has 1 amide bonds. The molecule has 0 saturated carbocycles. The first-order valence-electron chi connectivity index (χ1n) is 11.5. The van der Waals surface area contributed by atoms with Crippen molar-refractivity contribution in [1.82, 2.24) is 4.57 Å². The molecule has 33 heavy (non-hydrogen) atoms. The van der Waals surface area contributed by atoms with Gasteiger partial charge in [-0.25, -0.2) is 0 Å². The first-order chi connectivity index (χ1) is 16.2. The van der Waals surface area contributed by atoms with E-state index in [2.05, 4.69) is 84.3 Å². The van der Waals surface area contributed by atoms with E-state index < -0.39 is 5.91 Å². The first-order valence-corrected chi connectivity index (χ1v) is 11.5. The summed E-state index contributed by atoms with van der Waals surface area (Å²) in [5, 5.41) is 1.85. The SMILES string of the molecule is CCCc1c[c]c2c3c(C(N)=O)cccc3n(Cc3ccccc3Cc3ccccc3)c2c1. The van der Waals surface area contributed by atoms with Crippen molar-refractivity contribution in [3.8, 4) is 0 Å². The molecule has 3 heteroatoms. The summed E-state index contributed by atoms with van der Waals surface area (Å²) < 4.78 is 2.32. The zero-order valence-corrected chi connectivity index (χ0v) is 18.8. The molecule has 0 aliphatic heterocycles. The van der Waals surface area contributed by atoms with Crippen LogP contribution in [0.1, 0.15) is 46.0 Å². The monoisotopic (exact) mass is 431 g/mol. The maximum Gasteiger partial charge on any atom is 0.249 e. The summed E-state index contributed by atoms with van der Waals surface area (Å²) in [6.45, 7) is 2.90. The predicted molar refractivity (Wildman–Crippen MR) is 136 cm³/mol. The number of carbonyl (C=O) groups is 1. The van der Waals surface area contributed by atoms with Gasteiger partial charge in [0.2, 0.25) is 5.91 Å². The Hall–Kier alpha value is -3.85. The molecule has 1 heterocycles. The van der Waals surface area contributed by atoms with Gasteiger partial charge in [0.05, 0.1) is 11.0 Å². The van der Waals surface area contributed by atoms with Crippen LogP contribution in [0.25, 0.3) is 21.8 Å². The third kappa shape index (κ3) is 4.03. The molecule has 0 atom stereocenters. The minimum Gasteiger partial charge on any atom is -0.366 e. The van der Waals surface area contributed by atoms with E-state index in [-0.39, 0.29) is 0 Å². The van der Waals surface area contributed by atoms with E-state index in [0.29, 0.717) is 12.1 Å². The van der Waals surface area contributed by atoms with Gasteiger partial charge in [-0.3, -0.25) is 4.79 Å². The van der Waals surface area contributed by atoms with Crippen molar-refractivity contribution in [2.75, 3.05) is 0 Å². The highest BCUT2D eigenvalue weighted by Gasteiger charge is 2.18. The van der Waals surface area contributed by atoms with E-state index in [0.717, 1.165) is 41.1 Å². The second-order valence-corrected chi connectivity index (χ2v) is 8.60. The Morgan fingerprint density at radius 3 is 2.39 bits per heavy atom. The number of nitrogens with two attached hydrogens (primary N) is 1. The van der Waals surface area contributed by atoms with Gasteiger partial charge in [-0.05, 0) is 59.4 Å². The van der Waals surface area contributed by atoms with Gasteiger partial charge in [0.1, 0.15) is 0 Å². The minimum atomic E-state index is -0.407. The molecule has 0 spiro atoms. The number of benzene rings is 4. The van der Waals surface area contributed by atoms with Gasteiger partial charge in [-0.2, -0.15) is 0 Å². The number of aryl methyl sites for hydroxylation is 1. The maximum absolute atomic E-state index is 12.3. The Bertz CT molecular complexity index is 1450. The van der Waals surface area contributed by atoms with Crippen molar-refractivity contribution in [3.05, 3.63) is 119 Å². The maximum atomic E-state index is 12.3. The van der Waals surface area contributed by atoms with Crippen LogP contribution in [0.5, 0.6) is 0 Å². The average Bonchev–Trinajstić information content (AvgIpc) is 3.14. The Morgan fingerprint density at radius 1 is 0.879 bits per heavy atom. The molecule has 0 fully saturated rings. The van der Waals surface area contributed by atoms with E-state index in [9.17, 15) is 4.79 Å². The quantitative estimate of drug-likeness (QED) is 0.324. The van der Waals surface area contributed by atoms with E-state index in [1.165, 1.54) is 22.3 Å². The molecule has 0 aliphatic rings. The number of fused-ring (bicyclic) bond motifs is 3. The number of nitrogens with zero attached hydrogens (tertiary/aromatic N) is 1. The number of hydrogen-bond donors (Lipinski definition) is 1. The van der Waals surface area contributed by atoms with Crippen molar-refractivity contribution in [2.45, 2.75) is 32.7 Å². The van der Waals surface area contributed by atoms with E-state index in [1.54, 1.807) is 0 Å². The van der Waals surface area contributed by atoms with Crippen LogP contribution in [0.15, 0.2) is 84.9 Å². The predicted octanol–water partition coefficient (Wildman–Crippen LogP) is 6.29. The van der Waals surface area contributed by atoms with Gasteiger partial charge in [-0.1, -0.05) is 80.1 Å². The molecular weight excluding hydrogens is 404 g/mol. The third-order valence-corrected chi connectivity index (χ3v) is 6.34. The molecule has 2 N–H and O–H groups in total. The second-order valence-electron chi connectivity index (χ2n) is 8.60. The summed E-state index contributed by atoms with van der Waals surface area (Å²) in [7, 11) is 0. The Labute approximate surface area is 194 Å². The van der Waals surface area contributed by atoms with Crippen molar-refractivity contribution in [3.63, 3.8) is 0 Å². The third-order valence-electron chi connectivity index (χ3n) is 6.34. The van der Waals surface area contributed by atoms with Gasteiger partial charge < -0.3 is 10.3 Å². The molecule has 1 radical (unpaired) electrons. The van der Waals surface area contributed by atoms with Crippen molar-refractivity contribution >= 4 is 27.7 Å². The molecule has 5 aromatic rings. The Morgan fingerprint density at radius 2 is 1.64 bits per heavy atom. The molecule has 0 unspecified atom stereocenters. The lowest BCUT2D eigenvalue weighted by Gasteiger charge is -2.13. The Kier molecular flexibility index (Phi) is 5.70. The zero-order chi connectivity index (χ0) is 22.8. The molecule has 163 valence electrons. The van der Waals surface area contributed by atoms with Gasteiger partial charge in [0, 0.05) is 22.9 Å². The van der Waals surface area contributed by atoms with Gasteiger partial charge in [-0.15, -0.1) is 0 Å². The summed E-state index contributed by atoms with van der Waals surface area (Å²) in [6, 6.07) is 32.8. The number of primary amides is 1. The highest BCUT2D eigenvalue weighted by atomic mass is 16.1. The molecule has 0 aliphatic carbocycles. The first kappa shape index (κ1) is 21.0. The molecule has 3 nitrogen and oxygen atoms in total. The highest BCUT2D eigenvalue weighted by molar-refractivity contribution is 6.17. The fourth-order valence-corrected chi connectivity index (χ4v) is 4.78. The standard InChI is InChI=1S/C30H27N2O/c1-2-9-21-16-17-25-28(19-21)32(27-15-8-14-26(29(25)27)30(31)33)20-24-13-7-6-12-23(24)18-22-10-4-3-5-11-22/h3-8,10-16,19H,2,9,18,20H2,1H3,(H2,31,33). The fourth-order valence-electron chi connectivity index (χ4n) is 4.78. The number of hydrogen-bond acceptors (Lipinski definition) is 1. The molecule has 0 saturated heterocycles. The van der Waals surface area contributed by atoms with Crippen molar-refractivity contribution in [1.29, 1.82) is 0 Å². The van der Waals surface area contributed by atoms with Gasteiger partial charge in [0.25, 0.3) is 0 Å². The number of amides is 1. The van der Waals surface area contributed by atoms with Crippen LogP contribution in [0.2, 0.25) is 0 Å². The molecule has 4 aromatic carbocycles. The summed E-state index contributed by atoms with van der Waals surface area (Å²) in [4.78, 5) is 12.3. The summed E-state index contributed by atoms with van der Waals surface area (Å²) in [5.41, 5.74) is 13.5. The van der Waals surface area contributed by atoms with Crippen LogP contribution in [0.3, 0.4) is 0 Å². The number of rotatable bonds is 7. The minimum absolute atomic E-state index is 0.407. The normalized spacial score (nSPS) is 11.3. The van der Waals surface area contributed by atoms with Crippen LogP contribution >= 0.6 is 0 Å². The van der Waals surface area contributed by atoms with Crippen LogP contribution in [0, 0.1) is 6.07 Å². The number of aromatic nitrogens is 1. The van der Waals surface area contributed by atoms with Gasteiger partial charge >= 0.3 is 0 Å². The lowest BCUT2D eigenvalue weighted by Crippen LogP contribution is -2.11. The van der Waals surface area contributed by atoms with Crippen LogP contribution in [-0.2, 0) is 19.4 Å². The summed E-state index contributed by atoms with van der Waals surface area (Å²) in [5.74, 6) is -0.407. The lowest BCUT2D eigenvalue weighted by molar-refractivity contribution is 0.100. The van der Waals surface area contributed by atoms with Crippen LogP contribution < -0.4 is 5.73 Å². The van der Waals surface area contributed by atoms with Crippen molar-refractivity contribution < 1.29 is 4.79 Å². The van der Waals surface area contributed by atoms with Crippen LogP contribution in [-0.4, -0.2) is 10.5 Å². The average molecular weight is 432 g/mol. The van der Waals surface area contributed by atoms with E-state index in [4.69, 9.17) is 5.73 Å². The fraction of sp³-hybridized carbons (Fsp3) is 0.167. The van der Waals surface area contributed by atoms with E-state index >= 15 is 0 Å². The molecule has 1 aromatic heterocycles. The van der Waals surface area contributed by atoms with Crippen LogP contribution in [0.4, 0.5) is 0 Å². The second kappa shape index (κ2) is 8.95. The largest absolute Gasteiger partial charge is 0.366 e. The highest BCUT2D eigenvalue weighted by Crippen LogP contribution is 2.33. The topological polar surface area (TPSA) is 48.0 Å². The van der Waals surface area contributed by atoms with E-state index in [1.807, 2.05) is 18.2 Å². The number of carbonyl (C=O) groups excluding carboxylic acids is 1. The molecular formula is C30H27N2O.